The van der Waals surface area contributed by atoms with Crippen molar-refractivity contribution in [1.82, 2.24) is 4.98 Å². The summed E-state index contributed by atoms with van der Waals surface area (Å²) in [6.45, 7) is 7.15. The van der Waals surface area contributed by atoms with Crippen molar-refractivity contribution in [1.29, 1.82) is 0 Å². The smallest absolute Gasteiger partial charge is 0.127 e. The zero-order valence-electron chi connectivity index (χ0n) is 11.1. The van der Waals surface area contributed by atoms with E-state index >= 15 is 0 Å². The molecule has 0 unspecified atom stereocenters. The average molecular weight is 241 g/mol. The van der Waals surface area contributed by atoms with Crippen molar-refractivity contribution in [3.05, 3.63) is 47.7 Å². The van der Waals surface area contributed by atoms with E-state index in [-0.39, 0.29) is 0 Å². The first-order valence-corrected chi connectivity index (χ1v) is 6.23. The molecule has 0 bridgehead atoms. The molecule has 1 heterocycles. The van der Waals surface area contributed by atoms with Crippen LogP contribution in [0.15, 0.2) is 36.5 Å². The van der Waals surface area contributed by atoms with Crippen LogP contribution in [0.5, 0.6) is 0 Å². The maximum absolute atomic E-state index is 4.26. The first kappa shape index (κ1) is 12.4. The molecular formula is C15H19N3. The van der Waals surface area contributed by atoms with Crippen LogP contribution in [-0.4, -0.2) is 11.5 Å². The molecule has 3 heteroatoms. The van der Waals surface area contributed by atoms with Gasteiger partial charge in [0.05, 0.1) is 0 Å². The zero-order chi connectivity index (χ0) is 13.0. The predicted octanol–water partition coefficient (Wildman–Crippen LogP) is 3.87. The van der Waals surface area contributed by atoms with E-state index < -0.39 is 0 Å². The summed E-state index contributed by atoms with van der Waals surface area (Å²) in [6, 6.07) is 10.4. The third kappa shape index (κ3) is 3.00. The Labute approximate surface area is 108 Å². The molecule has 0 spiro atoms. The lowest BCUT2D eigenvalue weighted by Gasteiger charge is -2.11. The SMILES string of the molecule is CCNc1cc(Nc2ccc(C)cc2C)ccn1. The Kier molecular flexibility index (Phi) is 3.82. The molecule has 1 aromatic heterocycles. The summed E-state index contributed by atoms with van der Waals surface area (Å²) >= 11 is 0. The second-order valence-electron chi connectivity index (χ2n) is 4.40. The molecule has 18 heavy (non-hydrogen) atoms. The van der Waals surface area contributed by atoms with Crippen LogP contribution in [0.4, 0.5) is 17.2 Å². The first-order chi connectivity index (χ1) is 8.69. The summed E-state index contributed by atoms with van der Waals surface area (Å²) < 4.78 is 0. The Bertz CT molecular complexity index is 535. The highest BCUT2D eigenvalue weighted by Gasteiger charge is 2.00. The molecule has 0 fully saturated rings. The molecule has 2 rings (SSSR count). The molecule has 2 N–H and O–H groups in total. The Hall–Kier alpha value is -2.03. The number of aryl methyl sites for hydroxylation is 2. The number of nitrogens with one attached hydrogen (secondary N) is 2. The first-order valence-electron chi connectivity index (χ1n) is 6.23. The highest BCUT2D eigenvalue weighted by Crippen LogP contribution is 2.22. The second-order valence-corrected chi connectivity index (χ2v) is 4.40. The largest absolute Gasteiger partial charge is 0.370 e. The third-order valence-electron chi connectivity index (χ3n) is 2.78. The maximum Gasteiger partial charge on any atom is 0.127 e. The normalized spacial score (nSPS) is 10.2. The minimum Gasteiger partial charge on any atom is -0.370 e. The quantitative estimate of drug-likeness (QED) is 0.853. The molecule has 0 saturated heterocycles. The molecule has 0 aliphatic rings. The van der Waals surface area contributed by atoms with Gasteiger partial charge in [-0.3, -0.25) is 0 Å². The number of hydrogen-bond donors (Lipinski definition) is 2. The number of anilines is 3. The van der Waals surface area contributed by atoms with Crippen molar-refractivity contribution in [2.75, 3.05) is 17.2 Å². The second kappa shape index (κ2) is 5.54. The lowest BCUT2D eigenvalue weighted by atomic mass is 10.1. The summed E-state index contributed by atoms with van der Waals surface area (Å²) in [5.74, 6) is 0.896. The highest BCUT2D eigenvalue weighted by atomic mass is 15.0. The van der Waals surface area contributed by atoms with Crippen molar-refractivity contribution in [2.45, 2.75) is 20.8 Å². The van der Waals surface area contributed by atoms with E-state index in [4.69, 9.17) is 0 Å². The van der Waals surface area contributed by atoms with Gasteiger partial charge in [-0.25, -0.2) is 4.98 Å². The molecule has 3 nitrogen and oxygen atoms in total. The summed E-state index contributed by atoms with van der Waals surface area (Å²) in [5.41, 5.74) is 4.71. The van der Waals surface area contributed by atoms with Gasteiger partial charge in [0.2, 0.25) is 0 Å². The van der Waals surface area contributed by atoms with Gasteiger partial charge in [0.25, 0.3) is 0 Å². The van der Waals surface area contributed by atoms with E-state index in [2.05, 4.69) is 54.6 Å². The van der Waals surface area contributed by atoms with Crippen molar-refractivity contribution < 1.29 is 0 Å². The highest BCUT2D eigenvalue weighted by molar-refractivity contribution is 5.65. The zero-order valence-corrected chi connectivity index (χ0v) is 11.1. The number of hydrogen-bond acceptors (Lipinski definition) is 3. The Morgan fingerprint density at radius 1 is 1.11 bits per heavy atom. The molecule has 1 aromatic carbocycles. The minimum atomic E-state index is 0.875. The van der Waals surface area contributed by atoms with Crippen LogP contribution in [0.3, 0.4) is 0 Å². The van der Waals surface area contributed by atoms with E-state index in [1.165, 1.54) is 11.1 Å². The van der Waals surface area contributed by atoms with Crippen LogP contribution in [0.25, 0.3) is 0 Å². The van der Waals surface area contributed by atoms with Crippen molar-refractivity contribution in [3.8, 4) is 0 Å². The van der Waals surface area contributed by atoms with E-state index in [9.17, 15) is 0 Å². The number of pyridine rings is 1. The van der Waals surface area contributed by atoms with Crippen LogP contribution in [-0.2, 0) is 0 Å². The molecular weight excluding hydrogens is 222 g/mol. The molecule has 0 saturated carbocycles. The van der Waals surface area contributed by atoms with Crippen LogP contribution in [0.2, 0.25) is 0 Å². The number of nitrogens with zero attached hydrogens (tertiary/aromatic N) is 1. The Morgan fingerprint density at radius 2 is 1.94 bits per heavy atom. The predicted molar refractivity (Wildman–Crippen MR) is 77.6 cm³/mol. The van der Waals surface area contributed by atoms with Crippen LogP contribution >= 0.6 is 0 Å². The van der Waals surface area contributed by atoms with Gasteiger partial charge in [0.1, 0.15) is 5.82 Å². The molecule has 0 aliphatic carbocycles. The van der Waals surface area contributed by atoms with Crippen LogP contribution < -0.4 is 10.6 Å². The van der Waals surface area contributed by atoms with Gasteiger partial charge < -0.3 is 10.6 Å². The van der Waals surface area contributed by atoms with Gasteiger partial charge in [0.15, 0.2) is 0 Å². The van der Waals surface area contributed by atoms with Gasteiger partial charge in [-0.05, 0) is 38.5 Å². The van der Waals surface area contributed by atoms with Crippen molar-refractivity contribution >= 4 is 17.2 Å². The summed E-state index contributed by atoms with van der Waals surface area (Å²) in [7, 11) is 0. The molecule has 0 amide bonds. The van der Waals surface area contributed by atoms with E-state index in [1.807, 2.05) is 18.3 Å². The fraction of sp³-hybridized carbons (Fsp3) is 0.267. The van der Waals surface area contributed by atoms with E-state index in [0.717, 1.165) is 23.7 Å². The van der Waals surface area contributed by atoms with Gasteiger partial charge in [-0.15, -0.1) is 0 Å². The average Bonchev–Trinajstić information content (AvgIpc) is 2.34. The van der Waals surface area contributed by atoms with Gasteiger partial charge in [0, 0.05) is 30.2 Å². The molecule has 94 valence electrons. The number of aromatic nitrogens is 1. The minimum absolute atomic E-state index is 0.875. The van der Waals surface area contributed by atoms with Gasteiger partial charge in [-0.2, -0.15) is 0 Å². The van der Waals surface area contributed by atoms with Gasteiger partial charge in [-0.1, -0.05) is 17.7 Å². The topological polar surface area (TPSA) is 37.0 Å². The van der Waals surface area contributed by atoms with Crippen molar-refractivity contribution in [2.24, 2.45) is 0 Å². The fourth-order valence-corrected chi connectivity index (χ4v) is 1.90. The van der Waals surface area contributed by atoms with E-state index in [0.29, 0.717) is 0 Å². The number of benzene rings is 1. The summed E-state index contributed by atoms with van der Waals surface area (Å²) in [5, 5.41) is 6.62. The molecule has 2 aromatic rings. The van der Waals surface area contributed by atoms with Crippen LogP contribution in [0, 0.1) is 13.8 Å². The molecule has 0 radical (unpaired) electrons. The Morgan fingerprint density at radius 3 is 2.67 bits per heavy atom. The standard InChI is InChI=1S/C15H19N3/c1-4-16-15-10-13(7-8-17-15)18-14-6-5-11(2)9-12(14)3/h5-10H,4H2,1-3H3,(H2,16,17,18). The Balaban J connectivity index is 2.20. The van der Waals surface area contributed by atoms with E-state index in [1.54, 1.807) is 0 Å². The van der Waals surface area contributed by atoms with Gasteiger partial charge >= 0.3 is 0 Å². The summed E-state index contributed by atoms with van der Waals surface area (Å²) in [6.07, 6.45) is 1.81. The lowest BCUT2D eigenvalue weighted by Crippen LogP contribution is -2.00. The monoisotopic (exact) mass is 241 g/mol. The third-order valence-corrected chi connectivity index (χ3v) is 2.78. The fourth-order valence-electron chi connectivity index (χ4n) is 1.90. The summed E-state index contributed by atoms with van der Waals surface area (Å²) in [4.78, 5) is 4.26. The number of rotatable bonds is 4. The maximum atomic E-state index is 4.26. The van der Waals surface area contributed by atoms with Crippen LogP contribution in [0.1, 0.15) is 18.1 Å². The lowest BCUT2D eigenvalue weighted by molar-refractivity contribution is 1.16. The van der Waals surface area contributed by atoms with Crippen molar-refractivity contribution in [3.63, 3.8) is 0 Å². The molecule has 0 aliphatic heterocycles. The molecule has 0 atom stereocenters.